The van der Waals surface area contributed by atoms with Crippen LogP contribution in [0.2, 0.25) is 0 Å². The maximum atomic E-state index is 12.5. The predicted molar refractivity (Wildman–Crippen MR) is 131 cm³/mol. The third-order valence-corrected chi connectivity index (χ3v) is 6.74. The van der Waals surface area contributed by atoms with E-state index in [4.69, 9.17) is 4.74 Å². The molecular weight excluding hydrogens is 444 g/mol. The lowest BCUT2D eigenvalue weighted by Crippen LogP contribution is -2.37. The Hall–Kier alpha value is -3.67. The van der Waals surface area contributed by atoms with Crippen LogP contribution >= 0.6 is 0 Å². The quantitative estimate of drug-likeness (QED) is 0.463. The molecule has 2 saturated heterocycles. The van der Waals surface area contributed by atoms with Gasteiger partial charge in [-0.05, 0) is 61.8 Å². The van der Waals surface area contributed by atoms with Crippen molar-refractivity contribution in [2.24, 2.45) is 0 Å². The van der Waals surface area contributed by atoms with E-state index in [0.29, 0.717) is 17.8 Å². The number of carbonyl (C=O) groups is 2. The van der Waals surface area contributed by atoms with Crippen molar-refractivity contribution in [3.8, 4) is 17.5 Å². The molecule has 2 aliphatic rings. The van der Waals surface area contributed by atoms with Gasteiger partial charge in [-0.25, -0.2) is 9.48 Å². The molecule has 1 aromatic heterocycles. The fourth-order valence-corrected chi connectivity index (χ4v) is 4.77. The van der Waals surface area contributed by atoms with Crippen molar-refractivity contribution in [1.82, 2.24) is 19.6 Å². The standard InChI is InChI=1S/C27H28N4O4/c1-29-15-12-27(34,26(29)33)11-10-19-6-5-7-21(16-19)31-23-9-8-20(18-30-13-3-4-14-30)17-22(23)24(28-31)25(32)35-2/h5-9,16-17,34H,3-4,12-15,18H2,1-2H3/t27-/m0/s1. The Morgan fingerprint density at radius 2 is 1.97 bits per heavy atom. The lowest BCUT2D eigenvalue weighted by molar-refractivity contribution is -0.137. The summed E-state index contributed by atoms with van der Waals surface area (Å²) in [7, 11) is 3.00. The van der Waals surface area contributed by atoms with Crippen molar-refractivity contribution in [3.63, 3.8) is 0 Å². The fourth-order valence-electron chi connectivity index (χ4n) is 4.77. The second-order valence-corrected chi connectivity index (χ2v) is 9.22. The van der Waals surface area contributed by atoms with Gasteiger partial charge in [0.15, 0.2) is 5.69 Å². The van der Waals surface area contributed by atoms with Crippen molar-refractivity contribution in [2.75, 3.05) is 33.8 Å². The summed E-state index contributed by atoms with van der Waals surface area (Å²) in [4.78, 5) is 28.7. The molecule has 2 fully saturated rings. The van der Waals surface area contributed by atoms with Crippen molar-refractivity contribution in [1.29, 1.82) is 0 Å². The molecule has 0 aliphatic carbocycles. The number of likely N-dealkylation sites (N-methyl/N-ethyl adjacent to an activating group) is 1. The van der Waals surface area contributed by atoms with Crippen LogP contribution in [0.25, 0.3) is 16.6 Å². The Balaban J connectivity index is 1.52. The molecule has 8 nitrogen and oxygen atoms in total. The number of fused-ring (bicyclic) bond motifs is 1. The average Bonchev–Trinajstić information content (AvgIpc) is 3.58. The molecule has 35 heavy (non-hydrogen) atoms. The number of esters is 1. The number of hydrogen-bond acceptors (Lipinski definition) is 6. The number of hydrogen-bond donors (Lipinski definition) is 1. The Morgan fingerprint density at radius 1 is 1.17 bits per heavy atom. The molecular formula is C27H28N4O4. The van der Waals surface area contributed by atoms with Gasteiger partial charge in [-0.15, -0.1) is 0 Å². The molecule has 2 aliphatic heterocycles. The van der Waals surface area contributed by atoms with Gasteiger partial charge in [0.1, 0.15) is 0 Å². The summed E-state index contributed by atoms with van der Waals surface area (Å²) < 4.78 is 6.71. The van der Waals surface area contributed by atoms with Gasteiger partial charge in [0, 0.05) is 37.5 Å². The van der Waals surface area contributed by atoms with Crippen molar-refractivity contribution in [3.05, 3.63) is 59.3 Å². The largest absolute Gasteiger partial charge is 0.464 e. The van der Waals surface area contributed by atoms with Crippen LogP contribution in [0.3, 0.4) is 0 Å². The summed E-state index contributed by atoms with van der Waals surface area (Å²) >= 11 is 0. The molecule has 0 saturated carbocycles. The number of amides is 1. The number of aromatic nitrogens is 2. The van der Waals surface area contributed by atoms with Gasteiger partial charge in [-0.3, -0.25) is 9.69 Å². The third kappa shape index (κ3) is 4.41. The van der Waals surface area contributed by atoms with E-state index >= 15 is 0 Å². The van der Waals surface area contributed by atoms with Gasteiger partial charge in [-0.2, -0.15) is 5.10 Å². The number of rotatable bonds is 4. The number of nitrogens with zero attached hydrogens (tertiary/aromatic N) is 4. The first-order valence-corrected chi connectivity index (χ1v) is 11.8. The van der Waals surface area contributed by atoms with Crippen LogP contribution in [0.5, 0.6) is 0 Å². The highest BCUT2D eigenvalue weighted by Gasteiger charge is 2.42. The molecule has 3 heterocycles. The summed E-state index contributed by atoms with van der Waals surface area (Å²) in [5.74, 6) is 4.82. The smallest absolute Gasteiger partial charge is 0.359 e. The molecule has 0 unspecified atom stereocenters. The van der Waals surface area contributed by atoms with E-state index < -0.39 is 11.6 Å². The van der Waals surface area contributed by atoms with E-state index in [2.05, 4.69) is 27.9 Å². The minimum atomic E-state index is -1.66. The van der Waals surface area contributed by atoms with Crippen LogP contribution < -0.4 is 0 Å². The van der Waals surface area contributed by atoms with Crippen molar-refractivity contribution < 1.29 is 19.4 Å². The monoisotopic (exact) mass is 472 g/mol. The normalized spacial score (nSPS) is 20.3. The topological polar surface area (TPSA) is 87.9 Å². The first-order chi connectivity index (χ1) is 16.9. The highest BCUT2D eigenvalue weighted by Crippen LogP contribution is 2.26. The van der Waals surface area contributed by atoms with Crippen molar-refractivity contribution >= 4 is 22.8 Å². The molecule has 0 radical (unpaired) electrons. The Kier molecular flexibility index (Phi) is 6.05. The summed E-state index contributed by atoms with van der Waals surface area (Å²) in [6.45, 7) is 3.49. The maximum Gasteiger partial charge on any atom is 0.359 e. The zero-order chi connectivity index (χ0) is 24.6. The molecule has 5 rings (SSSR count). The first-order valence-electron chi connectivity index (χ1n) is 11.8. The predicted octanol–water partition coefficient (Wildman–Crippen LogP) is 2.35. The molecule has 1 amide bonds. The zero-order valence-corrected chi connectivity index (χ0v) is 20.0. The molecule has 2 aromatic carbocycles. The van der Waals surface area contributed by atoms with E-state index in [9.17, 15) is 14.7 Å². The summed E-state index contributed by atoms with van der Waals surface area (Å²) in [6.07, 6.45) is 2.71. The molecule has 0 bridgehead atoms. The Labute approximate surface area is 204 Å². The van der Waals surface area contributed by atoms with Gasteiger partial charge in [0.25, 0.3) is 5.91 Å². The summed E-state index contributed by atoms with van der Waals surface area (Å²) in [5, 5.41) is 15.9. The van der Waals surface area contributed by atoms with Crippen LogP contribution in [0, 0.1) is 11.8 Å². The number of benzene rings is 2. The lowest BCUT2D eigenvalue weighted by atomic mass is 10.0. The van der Waals surface area contributed by atoms with Crippen LogP contribution in [0.15, 0.2) is 42.5 Å². The van der Waals surface area contributed by atoms with E-state index in [1.807, 2.05) is 36.4 Å². The minimum absolute atomic E-state index is 0.260. The molecule has 1 N–H and O–H groups in total. The number of ether oxygens (including phenoxy) is 1. The summed E-state index contributed by atoms with van der Waals surface area (Å²) in [5.41, 5.74) is 1.86. The van der Waals surface area contributed by atoms with Gasteiger partial charge in [0.05, 0.1) is 18.3 Å². The highest BCUT2D eigenvalue weighted by molar-refractivity contribution is 6.02. The molecule has 180 valence electrons. The van der Waals surface area contributed by atoms with Gasteiger partial charge >= 0.3 is 5.97 Å². The number of aliphatic hydroxyl groups is 1. The van der Waals surface area contributed by atoms with Gasteiger partial charge < -0.3 is 14.7 Å². The molecule has 1 atom stereocenters. The summed E-state index contributed by atoms with van der Waals surface area (Å²) in [6, 6.07) is 13.4. The SMILES string of the molecule is COC(=O)c1nn(-c2cccc(C#C[C@]3(O)CCN(C)C3=O)c2)c2ccc(CN3CCCC3)cc12. The lowest BCUT2D eigenvalue weighted by Gasteiger charge is -2.14. The van der Waals surface area contributed by atoms with Crippen LogP contribution in [0.4, 0.5) is 0 Å². The highest BCUT2D eigenvalue weighted by atomic mass is 16.5. The number of carbonyl (C=O) groups excluding carboxylic acids is 2. The molecule has 3 aromatic rings. The van der Waals surface area contributed by atoms with E-state index in [0.717, 1.165) is 36.1 Å². The molecule has 0 spiro atoms. The fraction of sp³-hybridized carbons (Fsp3) is 0.370. The first kappa shape index (κ1) is 23.1. The zero-order valence-electron chi connectivity index (χ0n) is 20.0. The number of likely N-dealkylation sites (tertiary alicyclic amines) is 2. The number of methoxy groups -OCH3 is 1. The third-order valence-electron chi connectivity index (χ3n) is 6.74. The van der Waals surface area contributed by atoms with Gasteiger partial charge in [0.2, 0.25) is 5.60 Å². The van der Waals surface area contributed by atoms with Crippen LogP contribution in [-0.2, 0) is 16.1 Å². The Bertz CT molecular complexity index is 1360. The molecule has 8 heteroatoms. The Morgan fingerprint density at radius 3 is 2.69 bits per heavy atom. The van der Waals surface area contributed by atoms with Crippen LogP contribution in [-0.4, -0.2) is 76.0 Å². The van der Waals surface area contributed by atoms with Crippen LogP contribution in [0.1, 0.15) is 40.9 Å². The minimum Gasteiger partial charge on any atom is -0.464 e. The van der Waals surface area contributed by atoms with E-state index in [1.54, 1.807) is 11.7 Å². The van der Waals surface area contributed by atoms with Gasteiger partial charge in [-0.1, -0.05) is 24.0 Å². The second-order valence-electron chi connectivity index (χ2n) is 9.22. The van der Waals surface area contributed by atoms with E-state index in [1.165, 1.54) is 24.9 Å². The van der Waals surface area contributed by atoms with E-state index in [-0.39, 0.29) is 18.0 Å². The van der Waals surface area contributed by atoms with Crippen molar-refractivity contribution in [2.45, 2.75) is 31.4 Å². The second kappa shape index (κ2) is 9.17. The maximum absolute atomic E-state index is 12.5. The average molecular weight is 473 g/mol.